The van der Waals surface area contributed by atoms with Gasteiger partial charge in [-0.2, -0.15) is 0 Å². The molecule has 0 unspecified atom stereocenters. The molecule has 6 nitrogen and oxygen atoms in total. The third-order valence-corrected chi connectivity index (χ3v) is 4.43. The quantitative estimate of drug-likeness (QED) is 0.680. The minimum absolute atomic E-state index is 0.0716. The first-order chi connectivity index (χ1) is 10.9. The average Bonchev–Trinajstić information content (AvgIpc) is 2.54. The van der Waals surface area contributed by atoms with Gasteiger partial charge in [0, 0.05) is 23.8 Å². The average molecular weight is 329 g/mol. The molecule has 118 valence electrons. The lowest BCUT2D eigenvalue weighted by Gasteiger charge is -2.10. The van der Waals surface area contributed by atoms with Gasteiger partial charge in [0.05, 0.1) is 4.90 Å². The number of phenols is 1. The summed E-state index contributed by atoms with van der Waals surface area (Å²) < 4.78 is 22.5. The molecule has 0 aliphatic rings. The van der Waals surface area contributed by atoms with E-state index in [1.54, 1.807) is 24.4 Å². The molecule has 0 saturated carbocycles. The highest BCUT2D eigenvalue weighted by atomic mass is 32.2. The van der Waals surface area contributed by atoms with Crippen molar-refractivity contribution >= 4 is 26.6 Å². The number of nitrogens with zero attached hydrogens (tertiary/aromatic N) is 1. The molecular formula is C16H15N3O3S. The molecule has 0 fully saturated rings. The molecule has 0 atom stereocenters. The summed E-state index contributed by atoms with van der Waals surface area (Å²) in [5, 5.41) is 19.0. The van der Waals surface area contributed by atoms with Crippen LogP contribution in [-0.2, 0) is 16.6 Å². The van der Waals surface area contributed by atoms with Crippen LogP contribution in [0.4, 0.5) is 5.69 Å². The Bertz CT molecular complexity index is 954. The fourth-order valence-corrected chi connectivity index (χ4v) is 2.85. The van der Waals surface area contributed by atoms with E-state index >= 15 is 0 Å². The first-order valence-electron chi connectivity index (χ1n) is 6.87. The summed E-state index contributed by atoms with van der Waals surface area (Å²) in [7, 11) is -3.68. The van der Waals surface area contributed by atoms with Crippen LogP contribution in [0.1, 0.15) is 5.56 Å². The Balaban J connectivity index is 1.83. The Morgan fingerprint density at radius 3 is 2.52 bits per heavy atom. The van der Waals surface area contributed by atoms with Gasteiger partial charge in [-0.1, -0.05) is 12.1 Å². The number of aromatic hydroxyl groups is 1. The highest BCUT2D eigenvalue weighted by Gasteiger charge is 2.08. The number of fused-ring (bicyclic) bond motifs is 1. The predicted molar refractivity (Wildman–Crippen MR) is 88.5 cm³/mol. The van der Waals surface area contributed by atoms with Gasteiger partial charge in [0.1, 0.15) is 11.3 Å². The summed E-state index contributed by atoms with van der Waals surface area (Å²) in [6, 6.07) is 13.3. The molecule has 0 aliphatic carbocycles. The summed E-state index contributed by atoms with van der Waals surface area (Å²) in [5.41, 5.74) is 2.29. The number of nitrogens with two attached hydrogens (primary N) is 1. The van der Waals surface area contributed by atoms with E-state index in [-0.39, 0.29) is 10.6 Å². The zero-order valence-corrected chi connectivity index (χ0v) is 12.9. The maximum absolute atomic E-state index is 11.2. The first-order valence-corrected chi connectivity index (χ1v) is 8.42. The Labute approximate surface area is 133 Å². The number of rotatable bonds is 4. The van der Waals surface area contributed by atoms with Crippen molar-refractivity contribution in [1.29, 1.82) is 0 Å². The Morgan fingerprint density at radius 2 is 1.83 bits per heavy atom. The molecule has 7 heteroatoms. The van der Waals surface area contributed by atoms with E-state index in [2.05, 4.69) is 10.3 Å². The lowest BCUT2D eigenvalue weighted by atomic mass is 10.1. The van der Waals surface area contributed by atoms with Crippen LogP contribution < -0.4 is 10.5 Å². The van der Waals surface area contributed by atoms with Crippen LogP contribution in [0.15, 0.2) is 59.6 Å². The number of primary sulfonamides is 1. The fraction of sp³-hybridized carbons (Fsp3) is 0.0625. The summed E-state index contributed by atoms with van der Waals surface area (Å²) in [6.07, 6.45) is 1.63. The van der Waals surface area contributed by atoms with Gasteiger partial charge in [0.2, 0.25) is 10.0 Å². The van der Waals surface area contributed by atoms with Crippen molar-refractivity contribution in [2.75, 3.05) is 5.32 Å². The molecule has 0 amide bonds. The highest BCUT2D eigenvalue weighted by Crippen LogP contribution is 2.26. The normalized spacial score (nSPS) is 11.5. The van der Waals surface area contributed by atoms with Gasteiger partial charge in [-0.05, 0) is 42.0 Å². The van der Waals surface area contributed by atoms with Crippen LogP contribution in [-0.4, -0.2) is 18.5 Å². The van der Waals surface area contributed by atoms with E-state index < -0.39 is 10.0 Å². The molecule has 0 aliphatic heterocycles. The monoisotopic (exact) mass is 329 g/mol. The second kappa shape index (κ2) is 5.86. The van der Waals surface area contributed by atoms with E-state index in [0.717, 1.165) is 16.6 Å². The second-order valence-corrected chi connectivity index (χ2v) is 6.63. The van der Waals surface area contributed by atoms with Crippen molar-refractivity contribution in [3.63, 3.8) is 0 Å². The number of pyridine rings is 1. The third-order valence-electron chi connectivity index (χ3n) is 3.50. The van der Waals surface area contributed by atoms with Crippen LogP contribution in [0.2, 0.25) is 0 Å². The third kappa shape index (κ3) is 3.25. The van der Waals surface area contributed by atoms with Gasteiger partial charge in [-0.15, -0.1) is 0 Å². The van der Waals surface area contributed by atoms with Crippen LogP contribution in [0, 0.1) is 0 Å². The molecule has 3 aromatic rings. The van der Waals surface area contributed by atoms with Gasteiger partial charge in [-0.25, -0.2) is 13.6 Å². The number of hydrogen-bond acceptors (Lipinski definition) is 5. The number of aromatic nitrogens is 1. The minimum Gasteiger partial charge on any atom is -0.506 e. The molecule has 2 aromatic carbocycles. The molecule has 0 spiro atoms. The summed E-state index contributed by atoms with van der Waals surface area (Å²) in [6.45, 7) is 0.511. The molecule has 0 saturated heterocycles. The van der Waals surface area contributed by atoms with E-state index in [9.17, 15) is 13.5 Å². The van der Waals surface area contributed by atoms with Gasteiger partial charge < -0.3 is 10.4 Å². The Hall–Kier alpha value is -2.64. The smallest absolute Gasteiger partial charge is 0.238 e. The van der Waals surface area contributed by atoms with Gasteiger partial charge in [-0.3, -0.25) is 4.98 Å². The molecule has 23 heavy (non-hydrogen) atoms. The van der Waals surface area contributed by atoms with Gasteiger partial charge in [0.25, 0.3) is 0 Å². The summed E-state index contributed by atoms with van der Waals surface area (Å²) >= 11 is 0. The van der Waals surface area contributed by atoms with Crippen LogP contribution in [0.25, 0.3) is 10.9 Å². The van der Waals surface area contributed by atoms with E-state index in [0.29, 0.717) is 12.1 Å². The minimum atomic E-state index is -3.68. The van der Waals surface area contributed by atoms with E-state index in [1.165, 1.54) is 12.1 Å². The predicted octanol–water partition coefficient (Wildman–Crippen LogP) is 2.20. The largest absolute Gasteiger partial charge is 0.506 e. The number of nitrogens with one attached hydrogen (secondary N) is 1. The SMILES string of the molecule is NS(=O)(=O)c1ccc(NCc2ccc(O)c3ncccc23)cc1. The van der Waals surface area contributed by atoms with Crippen molar-refractivity contribution < 1.29 is 13.5 Å². The molecule has 0 radical (unpaired) electrons. The van der Waals surface area contributed by atoms with Crippen molar-refractivity contribution in [2.24, 2.45) is 5.14 Å². The van der Waals surface area contributed by atoms with Crippen molar-refractivity contribution in [2.45, 2.75) is 11.4 Å². The summed E-state index contributed by atoms with van der Waals surface area (Å²) in [4.78, 5) is 4.25. The Kier molecular flexibility index (Phi) is 3.89. The lowest BCUT2D eigenvalue weighted by Crippen LogP contribution is -2.12. The lowest BCUT2D eigenvalue weighted by molar-refractivity contribution is 0.480. The molecule has 0 bridgehead atoms. The number of phenolic OH excluding ortho intramolecular Hbond substituents is 1. The first kappa shape index (κ1) is 15.3. The Morgan fingerprint density at radius 1 is 1.09 bits per heavy atom. The van der Waals surface area contributed by atoms with E-state index in [1.807, 2.05) is 18.2 Å². The number of sulfonamides is 1. The van der Waals surface area contributed by atoms with Crippen molar-refractivity contribution in [3.05, 3.63) is 60.3 Å². The van der Waals surface area contributed by atoms with Crippen LogP contribution in [0.5, 0.6) is 5.75 Å². The molecule has 1 heterocycles. The maximum Gasteiger partial charge on any atom is 0.238 e. The second-order valence-electron chi connectivity index (χ2n) is 5.07. The van der Waals surface area contributed by atoms with Crippen molar-refractivity contribution in [1.82, 2.24) is 4.98 Å². The van der Waals surface area contributed by atoms with Crippen LogP contribution >= 0.6 is 0 Å². The fourth-order valence-electron chi connectivity index (χ4n) is 2.33. The molecular weight excluding hydrogens is 314 g/mol. The molecule has 4 N–H and O–H groups in total. The van der Waals surface area contributed by atoms with Gasteiger partial charge >= 0.3 is 0 Å². The van der Waals surface area contributed by atoms with Gasteiger partial charge in [0.15, 0.2) is 0 Å². The topological polar surface area (TPSA) is 105 Å². The summed E-state index contributed by atoms with van der Waals surface area (Å²) in [5.74, 6) is 0.141. The van der Waals surface area contributed by atoms with E-state index in [4.69, 9.17) is 5.14 Å². The number of benzene rings is 2. The molecule has 3 rings (SSSR count). The standard InChI is InChI=1S/C16H15N3O3S/c17-23(21,22)13-6-4-12(5-7-13)19-10-11-3-8-15(20)16-14(11)2-1-9-18-16/h1-9,19-20H,10H2,(H2,17,21,22). The zero-order chi connectivity index (χ0) is 16.4. The zero-order valence-electron chi connectivity index (χ0n) is 12.1. The maximum atomic E-state index is 11.2. The van der Waals surface area contributed by atoms with Crippen LogP contribution in [0.3, 0.4) is 0 Å². The molecule has 1 aromatic heterocycles. The highest BCUT2D eigenvalue weighted by molar-refractivity contribution is 7.89. The van der Waals surface area contributed by atoms with Crippen molar-refractivity contribution in [3.8, 4) is 5.75 Å². The number of anilines is 1. The number of hydrogen-bond donors (Lipinski definition) is 3.